The van der Waals surface area contributed by atoms with Gasteiger partial charge in [0.1, 0.15) is 4.83 Å². The van der Waals surface area contributed by atoms with Gasteiger partial charge in [-0.25, -0.2) is 0 Å². The Labute approximate surface area is 169 Å². The van der Waals surface area contributed by atoms with Crippen LogP contribution in [0.25, 0.3) is 4.83 Å². The first-order valence-corrected chi connectivity index (χ1v) is 10.4. The van der Waals surface area contributed by atoms with Crippen LogP contribution in [0.1, 0.15) is 27.8 Å². The normalized spacial score (nSPS) is 11.8. The van der Waals surface area contributed by atoms with Crippen LogP contribution in [0.15, 0.2) is 109 Å². The van der Waals surface area contributed by atoms with Crippen molar-refractivity contribution in [3.8, 4) is 0 Å². The summed E-state index contributed by atoms with van der Waals surface area (Å²) in [6.07, 6.45) is 4.41. The Kier molecular flexibility index (Phi) is 4.14. The van der Waals surface area contributed by atoms with Crippen molar-refractivity contribution in [2.75, 3.05) is 0 Å². The van der Waals surface area contributed by atoms with E-state index in [1.54, 1.807) is 0 Å². The zero-order valence-corrected chi connectivity index (χ0v) is 16.6. The van der Waals surface area contributed by atoms with E-state index in [-0.39, 0.29) is 5.41 Å². The third-order valence-corrected chi connectivity index (χ3v) is 6.47. The van der Waals surface area contributed by atoms with Gasteiger partial charge >= 0.3 is 0 Å². The van der Waals surface area contributed by atoms with E-state index in [9.17, 15) is 0 Å². The maximum atomic E-state index is 2.26. The highest BCUT2D eigenvalue weighted by Crippen LogP contribution is 2.48. The molecular formula is C26H21NS. The van der Waals surface area contributed by atoms with Gasteiger partial charge in [-0.3, -0.25) is 0 Å². The number of thiazole rings is 1. The fraction of sp³-hybridized carbons (Fsp3) is 0.0769. The van der Waals surface area contributed by atoms with Crippen LogP contribution in [0.2, 0.25) is 0 Å². The maximum absolute atomic E-state index is 2.26. The lowest BCUT2D eigenvalue weighted by molar-refractivity contribution is 0.749. The van der Waals surface area contributed by atoms with E-state index in [0.29, 0.717) is 0 Å². The minimum absolute atomic E-state index is 0.368. The number of aromatic nitrogens is 1. The van der Waals surface area contributed by atoms with Crippen LogP contribution < -0.4 is 0 Å². The molecule has 0 aliphatic carbocycles. The minimum Gasteiger partial charge on any atom is -0.314 e. The molecule has 2 heterocycles. The highest BCUT2D eigenvalue weighted by molar-refractivity contribution is 7.15. The molecule has 0 aliphatic rings. The van der Waals surface area contributed by atoms with Gasteiger partial charge < -0.3 is 4.40 Å². The maximum Gasteiger partial charge on any atom is 0.104 e. The average Bonchev–Trinajstić information content (AvgIpc) is 3.33. The van der Waals surface area contributed by atoms with Gasteiger partial charge in [0, 0.05) is 23.3 Å². The second kappa shape index (κ2) is 6.81. The molecule has 28 heavy (non-hydrogen) atoms. The zero-order chi connectivity index (χ0) is 19.0. The molecule has 1 nitrogen and oxygen atoms in total. The summed E-state index contributed by atoms with van der Waals surface area (Å²) in [6.45, 7) is 2.23. The summed E-state index contributed by atoms with van der Waals surface area (Å²) in [7, 11) is 0. The highest BCUT2D eigenvalue weighted by atomic mass is 32.1. The van der Waals surface area contributed by atoms with Crippen LogP contribution >= 0.6 is 11.3 Å². The van der Waals surface area contributed by atoms with Gasteiger partial charge in [0.2, 0.25) is 0 Å². The van der Waals surface area contributed by atoms with Gasteiger partial charge in [-0.15, -0.1) is 11.3 Å². The Morgan fingerprint density at radius 2 is 1.14 bits per heavy atom. The number of hydrogen-bond acceptors (Lipinski definition) is 1. The first-order valence-electron chi connectivity index (χ1n) is 9.53. The van der Waals surface area contributed by atoms with Gasteiger partial charge in [0.25, 0.3) is 0 Å². The molecule has 0 unspecified atom stereocenters. The Balaban J connectivity index is 1.99. The second-order valence-electron chi connectivity index (χ2n) is 7.15. The number of aryl methyl sites for hydroxylation is 1. The summed E-state index contributed by atoms with van der Waals surface area (Å²) in [5.74, 6) is 0. The molecule has 0 saturated heterocycles. The Bertz CT molecular complexity index is 1100. The number of rotatable bonds is 4. The van der Waals surface area contributed by atoms with E-state index < -0.39 is 0 Å². The molecule has 0 bridgehead atoms. The van der Waals surface area contributed by atoms with Crippen molar-refractivity contribution in [3.63, 3.8) is 0 Å². The van der Waals surface area contributed by atoms with Crippen molar-refractivity contribution in [2.24, 2.45) is 0 Å². The van der Waals surface area contributed by atoms with Gasteiger partial charge in [-0.2, -0.15) is 0 Å². The Morgan fingerprint density at radius 1 is 0.679 bits per heavy atom. The molecule has 2 heteroatoms. The lowest BCUT2D eigenvalue weighted by Crippen LogP contribution is -2.31. The molecular weight excluding hydrogens is 358 g/mol. The van der Waals surface area contributed by atoms with E-state index in [2.05, 4.69) is 120 Å². The van der Waals surface area contributed by atoms with Crippen molar-refractivity contribution >= 4 is 16.2 Å². The fourth-order valence-corrected chi connectivity index (χ4v) is 5.46. The first kappa shape index (κ1) is 17.0. The summed E-state index contributed by atoms with van der Waals surface area (Å²) < 4.78 is 2.26. The largest absolute Gasteiger partial charge is 0.314 e. The molecule has 0 radical (unpaired) electrons. The molecule has 0 atom stereocenters. The second-order valence-corrected chi connectivity index (χ2v) is 8.05. The lowest BCUT2D eigenvalue weighted by atomic mass is 9.65. The SMILES string of the molecule is Cc1cn2ccsc2c1C(c1ccccc1)(c1ccccc1)c1ccccc1. The molecule has 2 aromatic heterocycles. The summed E-state index contributed by atoms with van der Waals surface area (Å²) in [4.78, 5) is 1.30. The van der Waals surface area contributed by atoms with Crippen molar-refractivity contribution in [1.29, 1.82) is 0 Å². The molecule has 0 amide bonds. The predicted octanol–water partition coefficient (Wildman–Crippen LogP) is 6.69. The lowest BCUT2D eigenvalue weighted by Gasteiger charge is -2.36. The molecule has 5 aromatic rings. The average molecular weight is 380 g/mol. The number of hydrogen-bond donors (Lipinski definition) is 0. The summed E-state index contributed by atoms with van der Waals surface area (Å²) >= 11 is 1.81. The summed E-state index contributed by atoms with van der Waals surface area (Å²) in [5, 5.41) is 2.17. The van der Waals surface area contributed by atoms with Crippen molar-refractivity contribution in [1.82, 2.24) is 4.40 Å². The van der Waals surface area contributed by atoms with E-state index >= 15 is 0 Å². The van der Waals surface area contributed by atoms with Gasteiger partial charge in [0.15, 0.2) is 0 Å². The number of nitrogens with zero attached hydrogens (tertiary/aromatic N) is 1. The molecule has 0 N–H and O–H groups in total. The minimum atomic E-state index is -0.368. The molecule has 0 spiro atoms. The van der Waals surface area contributed by atoms with Gasteiger partial charge in [-0.1, -0.05) is 91.0 Å². The van der Waals surface area contributed by atoms with E-state index in [4.69, 9.17) is 0 Å². The van der Waals surface area contributed by atoms with E-state index in [1.165, 1.54) is 32.6 Å². The number of benzene rings is 3. The predicted molar refractivity (Wildman–Crippen MR) is 118 cm³/mol. The quantitative estimate of drug-likeness (QED) is 0.306. The van der Waals surface area contributed by atoms with Crippen molar-refractivity contribution in [2.45, 2.75) is 12.3 Å². The molecule has 136 valence electrons. The van der Waals surface area contributed by atoms with Crippen molar-refractivity contribution in [3.05, 3.63) is 137 Å². The molecule has 3 aromatic carbocycles. The van der Waals surface area contributed by atoms with E-state index in [0.717, 1.165) is 0 Å². The van der Waals surface area contributed by atoms with Crippen LogP contribution in [0.5, 0.6) is 0 Å². The third kappa shape index (κ3) is 2.45. The summed E-state index contributed by atoms with van der Waals surface area (Å²) in [5.41, 5.74) is 6.17. The standard InChI is InChI=1S/C26H21NS/c1-20-19-27-17-18-28-25(27)24(20)26(21-11-5-2-6-12-21,22-13-7-3-8-14-22)23-15-9-4-10-16-23/h2-19H,1H3. The van der Waals surface area contributed by atoms with Gasteiger partial charge in [-0.05, 0) is 29.2 Å². The molecule has 0 fully saturated rings. The molecule has 0 saturated carbocycles. The topological polar surface area (TPSA) is 4.41 Å². The van der Waals surface area contributed by atoms with Crippen LogP contribution in [0, 0.1) is 6.92 Å². The fourth-order valence-electron chi connectivity index (χ4n) is 4.47. The highest BCUT2D eigenvalue weighted by Gasteiger charge is 2.41. The third-order valence-electron chi connectivity index (χ3n) is 5.57. The molecule has 0 aliphatic heterocycles. The van der Waals surface area contributed by atoms with E-state index in [1.807, 2.05) is 11.3 Å². The Morgan fingerprint density at radius 3 is 1.61 bits per heavy atom. The van der Waals surface area contributed by atoms with Crippen LogP contribution in [0.4, 0.5) is 0 Å². The van der Waals surface area contributed by atoms with Crippen LogP contribution in [0.3, 0.4) is 0 Å². The first-order chi connectivity index (χ1) is 13.8. The summed E-state index contributed by atoms with van der Waals surface area (Å²) in [6, 6.07) is 32.7. The van der Waals surface area contributed by atoms with Crippen LogP contribution in [-0.2, 0) is 5.41 Å². The molecule has 5 rings (SSSR count). The van der Waals surface area contributed by atoms with Crippen molar-refractivity contribution < 1.29 is 0 Å². The van der Waals surface area contributed by atoms with Gasteiger partial charge in [0.05, 0.1) is 5.41 Å². The van der Waals surface area contributed by atoms with Crippen LogP contribution in [-0.4, -0.2) is 4.40 Å². The zero-order valence-electron chi connectivity index (χ0n) is 15.7. The monoisotopic (exact) mass is 379 g/mol. The Hall–Kier alpha value is -3.10. The number of fused-ring (bicyclic) bond motifs is 1. The smallest absolute Gasteiger partial charge is 0.104 e.